The van der Waals surface area contributed by atoms with E-state index in [2.05, 4.69) is 21.4 Å². The minimum Gasteiger partial charge on any atom is -0.347 e. The fourth-order valence-electron chi connectivity index (χ4n) is 2.53. The van der Waals surface area contributed by atoms with E-state index in [9.17, 15) is 4.79 Å². The van der Waals surface area contributed by atoms with Gasteiger partial charge >= 0.3 is 6.03 Å². The molecule has 0 saturated heterocycles. The van der Waals surface area contributed by atoms with E-state index in [1.165, 1.54) is 4.88 Å². The molecule has 24 heavy (non-hydrogen) atoms. The van der Waals surface area contributed by atoms with Crippen molar-refractivity contribution in [1.82, 2.24) is 19.8 Å². The molecule has 3 rings (SSSR count). The van der Waals surface area contributed by atoms with Crippen molar-refractivity contribution in [3.63, 3.8) is 0 Å². The monoisotopic (exact) mass is 345 g/mol. The minimum atomic E-state index is 0.0718. The van der Waals surface area contributed by atoms with E-state index in [-0.39, 0.29) is 6.03 Å². The predicted octanol–water partition coefficient (Wildman–Crippen LogP) is 2.82. The molecule has 0 aliphatic heterocycles. The lowest BCUT2D eigenvalue weighted by Gasteiger charge is -2.28. The molecule has 2 amide bonds. The molecule has 0 aromatic carbocycles. The summed E-state index contributed by atoms with van der Waals surface area (Å²) in [5.41, 5.74) is 0.934. The number of urea groups is 1. The third-order valence-corrected chi connectivity index (χ3v) is 4.84. The number of hydrogen-bond acceptors (Lipinski definition) is 5. The number of thiophene rings is 1. The van der Waals surface area contributed by atoms with E-state index < -0.39 is 0 Å². The van der Waals surface area contributed by atoms with E-state index in [0.717, 1.165) is 18.4 Å². The van der Waals surface area contributed by atoms with Gasteiger partial charge in [0, 0.05) is 50.0 Å². The number of anilines is 1. The van der Waals surface area contributed by atoms with Crippen LogP contribution in [0.1, 0.15) is 23.3 Å². The van der Waals surface area contributed by atoms with Crippen molar-refractivity contribution in [1.29, 1.82) is 0 Å². The Morgan fingerprint density at radius 3 is 2.46 bits per heavy atom. The Labute approximate surface area is 146 Å². The molecule has 2 aromatic rings. The molecule has 0 bridgehead atoms. The van der Waals surface area contributed by atoms with Crippen LogP contribution < -0.4 is 4.90 Å². The smallest absolute Gasteiger partial charge is 0.320 e. The van der Waals surface area contributed by atoms with Gasteiger partial charge in [0.15, 0.2) is 0 Å². The maximum atomic E-state index is 12.8. The van der Waals surface area contributed by atoms with Gasteiger partial charge < -0.3 is 14.7 Å². The Kier molecular flexibility index (Phi) is 4.99. The van der Waals surface area contributed by atoms with Gasteiger partial charge in [-0.15, -0.1) is 11.3 Å². The highest BCUT2D eigenvalue weighted by Crippen LogP contribution is 2.30. The average molecular weight is 345 g/mol. The van der Waals surface area contributed by atoms with Crippen molar-refractivity contribution in [3.05, 3.63) is 40.3 Å². The summed E-state index contributed by atoms with van der Waals surface area (Å²) >= 11 is 1.70. The maximum Gasteiger partial charge on any atom is 0.320 e. The van der Waals surface area contributed by atoms with Crippen molar-refractivity contribution in [2.45, 2.75) is 32.0 Å². The zero-order chi connectivity index (χ0) is 17.1. The molecule has 6 nitrogen and oxygen atoms in total. The van der Waals surface area contributed by atoms with Crippen LogP contribution in [0.25, 0.3) is 0 Å². The summed E-state index contributed by atoms with van der Waals surface area (Å²) in [7, 11) is 5.65. The first-order valence-corrected chi connectivity index (χ1v) is 8.95. The second-order valence-corrected chi connectivity index (χ2v) is 7.40. The lowest BCUT2D eigenvalue weighted by molar-refractivity contribution is 0.155. The van der Waals surface area contributed by atoms with Crippen LogP contribution in [0.4, 0.5) is 10.7 Å². The molecular weight excluding hydrogens is 322 g/mol. The van der Waals surface area contributed by atoms with Crippen molar-refractivity contribution in [3.8, 4) is 0 Å². The van der Waals surface area contributed by atoms with Gasteiger partial charge in [-0.2, -0.15) is 0 Å². The first-order valence-electron chi connectivity index (χ1n) is 8.07. The Morgan fingerprint density at radius 2 is 1.92 bits per heavy atom. The van der Waals surface area contributed by atoms with Crippen LogP contribution in [-0.4, -0.2) is 53.0 Å². The van der Waals surface area contributed by atoms with Crippen molar-refractivity contribution in [2.24, 2.45) is 0 Å². The summed E-state index contributed by atoms with van der Waals surface area (Å²) in [5.74, 6) is 0.671. The van der Waals surface area contributed by atoms with Gasteiger partial charge in [-0.25, -0.2) is 14.8 Å². The van der Waals surface area contributed by atoms with E-state index in [0.29, 0.717) is 25.1 Å². The normalized spacial score (nSPS) is 13.6. The second kappa shape index (κ2) is 7.17. The van der Waals surface area contributed by atoms with E-state index in [1.54, 1.807) is 28.6 Å². The van der Waals surface area contributed by atoms with Gasteiger partial charge in [-0.3, -0.25) is 0 Å². The minimum absolute atomic E-state index is 0.0718. The lowest BCUT2D eigenvalue weighted by Crippen LogP contribution is -2.41. The summed E-state index contributed by atoms with van der Waals surface area (Å²) in [4.78, 5) is 28.3. The molecule has 0 atom stereocenters. The molecule has 2 heterocycles. The number of carbonyl (C=O) groups is 1. The molecule has 2 aromatic heterocycles. The van der Waals surface area contributed by atoms with Crippen molar-refractivity contribution in [2.75, 3.05) is 26.0 Å². The zero-order valence-electron chi connectivity index (χ0n) is 14.3. The highest BCUT2D eigenvalue weighted by Gasteiger charge is 2.34. The molecule has 1 saturated carbocycles. The van der Waals surface area contributed by atoms with Crippen LogP contribution in [0.3, 0.4) is 0 Å². The Bertz CT molecular complexity index is 667. The highest BCUT2D eigenvalue weighted by molar-refractivity contribution is 7.09. The van der Waals surface area contributed by atoms with Gasteiger partial charge in [0.2, 0.25) is 5.95 Å². The molecule has 1 aliphatic rings. The fourth-order valence-corrected chi connectivity index (χ4v) is 3.23. The molecule has 0 unspecified atom stereocenters. The summed E-state index contributed by atoms with van der Waals surface area (Å²) in [5, 5.41) is 2.05. The summed E-state index contributed by atoms with van der Waals surface area (Å²) in [6.07, 6.45) is 5.77. The number of rotatable bonds is 6. The van der Waals surface area contributed by atoms with E-state index >= 15 is 0 Å². The molecule has 0 spiro atoms. The Balaban J connectivity index is 1.63. The highest BCUT2D eigenvalue weighted by atomic mass is 32.1. The van der Waals surface area contributed by atoms with Gasteiger partial charge in [0.1, 0.15) is 0 Å². The number of hydrogen-bond donors (Lipinski definition) is 0. The van der Waals surface area contributed by atoms with Gasteiger partial charge in [-0.1, -0.05) is 6.07 Å². The van der Waals surface area contributed by atoms with Crippen LogP contribution in [0.5, 0.6) is 0 Å². The topological polar surface area (TPSA) is 52.6 Å². The predicted molar refractivity (Wildman–Crippen MR) is 96.1 cm³/mol. The SMILES string of the molecule is CN(Cc1cnc(N(C)C)nc1)C(=O)N(Cc1cccs1)C1CC1. The Morgan fingerprint density at radius 1 is 1.21 bits per heavy atom. The lowest BCUT2D eigenvalue weighted by atomic mass is 10.3. The quantitative estimate of drug-likeness (QED) is 0.808. The number of amides is 2. The summed E-state index contributed by atoms with van der Waals surface area (Å²) in [6, 6.07) is 4.57. The first-order chi connectivity index (χ1) is 11.5. The van der Waals surface area contributed by atoms with Crippen LogP contribution in [0.15, 0.2) is 29.9 Å². The summed E-state index contributed by atoms with van der Waals surface area (Å²) < 4.78 is 0. The van der Waals surface area contributed by atoms with Crippen molar-refractivity contribution < 1.29 is 4.79 Å². The largest absolute Gasteiger partial charge is 0.347 e. The number of carbonyl (C=O) groups excluding carboxylic acids is 1. The van der Waals surface area contributed by atoms with Crippen LogP contribution in [0.2, 0.25) is 0 Å². The van der Waals surface area contributed by atoms with Crippen LogP contribution in [-0.2, 0) is 13.1 Å². The molecule has 0 N–H and O–H groups in total. The van der Waals surface area contributed by atoms with Crippen LogP contribution >= 0.6 is 11.3 Å². The third kappa shape index (κ3) is 4.03. The molecule has 128 valence electrons. The standard InChI is InChI=1S/C17H23N5OS/c1-20(2)16-18-9-13(10-19-16)11-21(3)17(23)22(14-6-7-14)12-15-5-4-8-24-15/h4-5,8-10,14H,6-7,11-12H2,1-3H3. The molecule has 7 heteroatoms. The van der Waals surface area contributed by atoms with Gasteiger partial charge in [0.05, 0.1) is 13.1 Å². The van der Waals surface area contributed by atoms with E-state index in [4.69, 9.17) is 0 Å². The third-order valence-electron chi connectivity index (χ3n) is 3.98. The fraction of sp³-hybridized carbons (Fsp3) is 0.471. The second-order valence-electron chi connectivity index (χ2n) is 6.36. The molecule has 1 fully saturated rings. The molecule has 1 aliphatic carbocycles. The molecular formula is C17H23N5OS. The number of nitrogens with zero attached hydrogens (tertiary/aromatic N) is 5. The van der Waals surface area contributed by atoms with Gasteiger partial charge in [0.25, 0.3) is 0 Å². The van der Waals surface area contributed by atoms with E-state index in [1.807, 2.05) is 37.0 Å². The van der Waals surface area contributed by atoms with Crippen molar-refractivity contribution >= 4 is 23.3 Å². The maximum absolute atomic E-state index is 12.8. The van der Waals surface area contributed by atoms with Crippen LogP contribution in [0, 0.1) is 0 Å². The zero-order valence-corrected chi connectivity index (χ0v) is 15.2. The summed E-state index contributed by atoms with van der Waals surface area (Å²) in [6.45, 7) is 1.21. The number of aromatic nitrogens is 2. The Hall–Kier alpha value is -2.15. The first kappa shape index (κ1) is 16.7. The van der Waals surface area contributed by atoms with Gasteiger partial charge in [-0.05, 0) is 24.3 Å². The average Bonchev–Trinajstić information content (AvgIpc) is 3.28. The molecule has 0 radical (unpaired) electrons.